The number of hydrogen-bond donors (Lipinski definition) is 1. The molecule has 0 saturated heterocycles. The molecular formula is C29H18F5IN4O3. The largest absolute Gasteiger partial charge is 0.573 e. The first-order chi connectivity index (χ1) is 19.9. The minimum atomic E-state index is -4.78. The van der Waals surface area contributed by atoms with Crippen LogP contribution < -0.4 is 14.8 Å². The molecule has 5 aromatic rings. The molecule has 0 radical (unpaired) electrons. The van der Waals surface area contributed by atoms with E-state index in [2.05, 4.69) is 20.1 Å². The molecule has 0 aliphatic rings. The van der Waals surface area contributed by atoms with Crippen LogP contribution in [-0.4, -0.2) is 31.1 Å². The second kappa shape index (κ2) is 11.8. The summed E-state index contributed by atoms with van der Waals surface area (Å²) in [6.45, 7) is 0. The first kappa shape index (κ1) is 29.0. The van der Waals surface area contributed by atoms with Gasteiger partial charge in [0.1, 0.15) is 17.8 Å². The molecule has 0 aliphatic carbocycles. The van der Waals surface area contributed by atoms with Crippen LogP contribution in [0.2, 0.25) is 0 Å². The Kier molecular flexibility index (Phi) is 8.11. The zero-order chi connectivity index (χ0) is 29.9. The van der Waals surface area contributed by atoms with E-state index in [9.17, 15) is 26.7 Å². The first-order valence-corrected chi connectivity index (χ1v) is 13.2. The number of rotatable bonds is 8. The summed E-state index contributed by atoms with van der Waals surface area (Å²) in [7, 11) is 0. The summed E-state index contributed by atoms with van der Waals surface area (Å²) in [6, 6.07) is 24.7. The molecule has 4 aromatic carbocycles. The van der Waals surface area contributed by atoms with Crippen LogP contribution in [-0.2, 0) is 0 Å². The van der Waals surface area contributed by atoms with Crippen molar-refractivity contribution in [1.29, 1.82) is 0 Å². The van der Waals surface area contributed by atoms with E-state index in [1.807, 2.05) is 0 Å². The number of alkyl halides is 6. The van der Waals surface area contributed by atoms with Crippen molar-refractivity contribution in [3.63, 3.8) is 0 Å². The Balaban J connectivity index is 1.27. The van der Waals surface area contributed by atoms with Crippen molar-refractivity contribution in [2.45, 2.75) is 10.5 Å². The number of benzene rings is 4. The molecule has 1 aromatic heterocycles. The topological polar surface area (TPSA) is 78.3 Å². The maximum absolute atomic E-state index is 13.5. The van der Waals surface area contributed by atoms with Crippen molar-refractivity contribution in [3.8, 4) is 39.7 Å². The maximum atomic E-state index is 13.5. The van der Waals surface area contributed by atoms with Crippen LogP contribution in [0.3, 0.4) is 0 Å². The van der Waals surface area contributed by atoms with Gasteiger partial charge in [-0.2, -0.15) is 8.78 Å². The average Bonchev–Trinajstić information content (AvgIpc) is 3.43. The van der Waals surface area contributed by atoms with E-state index >= 15 is 0 Å². The van der Waals surface area contributed by atoms with Gasteiger partial charge in [-0.15, -0.1) is 18.3 Å². The van der Waals surface area contributed by atoms with E-state index in [0.29, 0.717) is 39.5 Å². The Morgan fingerprint density at radius 1 is 0.810 bits per heavy atom. The van der Waals surface area contributed by atoms with Crippen LogP contribution in [0.5, 0.6) is 11.5 Å². The van der Waals surface area contributed by atoms with Crippen LogP contribution in [0, 0.1) is 0 Å². The van der Waals surface area contributed by atoms with Gasteiger partial charge in [0, 0.05) is 22.4 Å². The molecule has 42 heavy (non-hydrogen) atoms. The standard InChI is InChI=1S/C29H18F5IN4O3/c30-28(31,32)41-23-14-12-22(13-15-23)39-17-36-26(38-39)18-8-10-21(11-9-18)37-27(40)20-5-3-4-19(16-20)24-6-1-2-7-25(24)42-29(33,34)35/h1-17H,(H,37,40). The smallest absolute Gasteiger partial charge is 0.424 e. The van der Waals surface area contributed by atoms with Crippen molar-refractivity contribution in [3.05, 3.63) is 109 Å². The summed E-state index contributed by atoms with van der Waals surface area (Å²) in [5.41, 5.74) is 2.84. The molecule has 7 nitrogen and oxygen atoms in total. The van der Waals surface area contributed by atoms with Gasteiger partial charge in [0.05, 0.1) is 28.3 Å². The Morgan fingerprint density at radius 2 is 1.52 bits per heavy atom. The minimum Gasteiger partial charge on any atom is -0.424 e. The number of halogens is 6. The van der Waals surface area contributed by atoms with Gasteiger partial charge in [-0.25, -0.2) is 9.67 Å². The molecule has 0 saturated carbocycles. The number of aromatic nitrogens is 3. The van der Waals surface area contributed by atoms with E-state index in [1.165, 1.54) is 41.3 Å². The molecule has 0 spiro atoms. The van der Waals surface area contributed by atoms with Gasteiger partial charge in [0.15, 0.2) is 5.82 Å². The lowest BCUT2D eigenvalue weighted by Gasteiger charge is -2.15. The molecule has 0 bridgehead atoms. The lowest BCUT2D eigenvalue weighted by Crippen LogP contribution is -2.17. The Morgan fingerprint density at radius 3 is 2.21 bits per heavy atom. The van der Waals surface area contributed by atoms with E-state index in [4.69, 9.17) is 4.74 Å². The fourth-order valence-electron chi connectivity index (χ4n) is 3.97. The van der Waals surface area contributed by atoms with E-state index in [-0.39, 0.29) is 11.5 Å². The van der Waals surface area contributed by atoms with Gasteiger partial charge >= 0.3 is 10.5 Å². The van der Waals surface area contributed by atoms with Gasteiger partial charge in [-0.3, -0.25) is 4.79 Å². The van der Waals surface area contributed by atoms with E-state index in [1.54, 1.807) is 66.7 Å². The lowest BCUT2D eigenvalue weighted by molar-refractivity contribution is -0.274. The van der Waals surface area contributed by atoms with Crippen LogP contribution >= 0.6 is 22.6 Å². The molecule has 0 aliphatic heterocycles. The SMILES string of the molecule is O=C(Nc1ccc(-c2ncn(-c3ccc(OC(F)(F)F)cc3)n2)cc1)c1cccc(-c2ccccc2OC(F)(F)I)c1. The summed E-state index contributed by atoms with van der Waals surface area (Å²) < 4.78 is 70.8. The number of nitrogens with zero attached hydrogens (tertiary/aromatic N) is 3. The number of hydrogen-bond acceptors (Lipinski definition) is 5. The third-order valence-corrected chi connectivity index (χ3v) is 6.00. The molecule has 5 rings (SSSR count). The highest BCUT2D eigenvalue weighted by Crippen LogP contribution is 2.36. The van der Waals surface area contributed by atoms with Gasteiger partial charge in [0.2, 0.25) is 0 Å². The Labute approximate surface area is 249 Å². The minimum absolute atomic E-state index is 0.0198. The molecule has 1 amide bonds. The summed E-state index contributed by atoms with van der Waals surface area (Å²) in [6.07, 6.45) is -3.36. The fraction of sp³-hybridized carbons (Fsp3) is 0.0690. The Bertz CT molecular complexity index is 1700. The fourth-order valence-corrected chi connectivity index (χ4v) is 4.21. The molecule has 1 N–H and O–H groups in total. The zero-order valence-corrected chi connectivity index (χ0v) is 23.3. The predicted octanol–water partition coefficient (Wildman–Crippen LogP) is 8.12. The van der Waals surface area contributed by atoms with E-state index in [0.717, 1.165) is 22.6 Å². The van der Waals surface area contributed by atoms with Crippen molar-refractivity contribution >= 4 is 34.2 Å². The monoisotopic (exact) mass is 692 g/mol. The summed E-state index contributed by atoms with van der Waals surface area (Å²) >= 11 is 0.896. The highest BCUT2D eigenvalue weighted by atomic mass is 127. The van der Waals surface area contributed by atoms with Crippen molar-refractivity contribution in [2.75, 3.05) is 5.32 Å². The third kappa shape index (κ3) is 7.40. The quantitative estimate of drug-likeness (QED) is 0.101. The normalized spacial score (nSPS) is 11.7. The third-order valence-electron chi connectivity index (χ3n) is 5.78. The van der Waals surface area contributed by atoms with Gasteiger partial charge in [-0.1, -0.05) is 30.3 Å². The molecule has 0 atom stereocenters. The van der Waals surface area contributed by atoms with Crippen LogP contribution in [0.25, 0.3) is 28.2 Å². The van der Waals surface area contributed by atoms with Gasteiger partial charge < -0.3 is 14.8 Å². The van der Waals surface area contributed by atoms with Gasteiger partial charge in [-0.05, 0) is 72.3 Å². The maximum Gasteiger partial charge on any atom is 0.573 e. The first-order valence-electron chi connectivity index (χ1n) is 12.1. The molecule has 0 fully saturated rings. The van der Waals surface area contributed by atoms with Crippen molar-refractivity contribution in [1.82, 2.24) is 14.8 Å². The zero-order valence-electron chi connectivity index (χ0n) is 21.1. The number of ether oxygens (including phenoxy) is 2. The number of anilines is 1. The summed E-state index contributed by atoms with van der Waals surface area (Å²) in [4.78, 5) is 17.2. The molecular weight excluding hydrogens is 674 g/mol. The number of amides is 1. The molecule has 13 heteroatoms. The number of para-hydroxylation sites is 1. The number of nitrogens with one attached hydrogen (secondary N) is 1. The van der Waals surface area contributed by atoms with Crippen molar-refractivity contribution in [2.24, 2.45) is 0 Å². The predicted molar refractivity (Wildman–Crippen MR) is 153 cm³/mol. The Hall–Kier alpha value is -4.53. The average molecular weight is 692 g/mol. The van der Waals surface area contributed by atoms with Crippen LogP contribution in [0.4, 0.5) is 27.6 Å². The highest BCUT2D eigenvalue weighted by Gasteiger charge is 2.31. The lowest BCUT2D eigenvalue weighted by atomic mass is 10.0. The molecule has 1 heterocycles. The number of carbonyl (C=O) groups excluding carboxylic acids is 1. The molecule has 214 valence electrons. The van der Waals surface area contributed by atoms with Crippen LogP contribution in [0.15, 0.2) is 103 Å². The molecule has 0 unspecified atom stereocenters. The summed E-state index contributed by atoms with van der Waals surface area (Å²) in [5, 5.41) is 7.15. The number of carbonyl (C=O) groups is 1. The highest BCUT2D eigenvalue weighted by molar-refractivity contribution is 14.1. The second-order valence-corrected chi connectivity index (χ2v) is 9.97. The van der Waals surface area contributed by atoms with Crippen molar-refractivity contribution < 1.29 is 36.2 Å². The van der Waals surface area contributed by atoms with Gasteiger partial charge in [0.25, 0.3) is 5.91 Å². The second-order valence-electron chi connectivity index (χ2n) is 8.71. The van der Waals surface area contributed by atoms with Crippen LogP contribution in [0.1, 0.15) is 10.4 Å². The van der Waals surface area contributed by atoms with E-state index < -0.39 is 16.4 Å². The summed E-state index contributed by atoms with van der Waals surface area (Å²) in [5.74, 6) is -0.430.